The van der Waals surface area contributed by atoms with Crippen molar-refractivity contribution in [3.05, 3.63) is 64.2 Å². The van der Waals surface area contributed by atoms with Gasteiger partial charge in [-0.2, -0.15) is 0 Å². The minimum Gasteiger partial charge on any atom is -0.123 e. The second kappa shape index (κ2) is 17.5. The molecule has 0 bridgehead atoms. The molecule has 266 valence electrons. The molecular formula is C37H13B35. The van der Waals surface area contributed by atoms with Crippen molar-refractivity contribution in [2.24, 2.45) is 0 Å². The number of rotatable bonds is 11. The maximum atomic E-state index is 7.25. The van der Waals surface area contributed by atoms with E-state index in [1.165, 1.54) is 36.4 Å². The first-order valence-corrected chi connectivity index (χ1v) is 21.5. The fourth-order valence-electron chi connectivity index (χ4n) is 13.1. The molecule has 0 N–H and O–H groups in total. The highest BCUT2D eigenvalue weighted by Crippen LogP contribution is 2.84. The van der Waals surface area contributed by atoms with Gasteiger partial charge in [0.2, 0.25) is 0 Å². The molecule has 35 heteroatoms. The summed E-state index contributed by atoms with van der Waals surface area (Å²) >= 11 is 0. The van der Waals surface area contributed by atoms with E-state index in [1.54, 1.807) is 13.8 Å². The minimum absolute atomic E-state index is 0.00258. The molecule has 0 aromatic heterocycles. The van der Waals surface area contributed by atoms with E-state index in [0.717, 1.165) is 0 Å². The molecule has 0 spiro atoms. The lowest BCUT2D eigenvalue weighted by Gasteiger charge is -2.82. The molecule has 3 aromatic rings. The molecule has 0 saturated carbocycles. The summed E-state index contributed by atoms with van der Waals surface area (Å²) in [4.78, 5) is 0. The highest BCUT2D eigenvalue weighted by Gasteiger charge is 2.74. The maximum absolute atomic E-state index is 7.25. The third kappa shape index (κ3) is 7.40. The molecular weight excluding hydrogens is 823 g/mol. The van der Waals surface area contributed by atoms with Gasteiger partial charge in [-0.1, -0.05) is 72.2 Å². The monoisotopic (exact) mass is 842 g/mol. The van der Waals surface area contributed by atoms with Gasteiger partial charge in [0.1, 0.15) is 23.5 Å². The lowest BCUT2D eigenvalue weighted by Crippen LogP contribution is -2.74. The zero-order valence-electron chi connectivity index (χ0n) is 40.2. The van der Waals surface area contributed by atoms with Gasteiger partial charge < -0.3 is 0 Å². The molecule has 0 unspecified atom stereocenters. The molecule has 3 aromatic carbocycles. The van der Waals surface area contributed by atoms with Crippen LogP contribution in [0.15, 0.2) is 36.4 Å². The molecule has 5 rings (SSSR count). The van der Waals surface area contributed by atoms with E-state index in [1.807, 2.05) is 0 Å². The van der Waals surface area contributed by atoms with Crippen LogP contribution < -0.4 is 16.4 Å². The van der Waals surface area contributed by atoms with Crippen molar-refractivity contribution in [1.29, 1.82) is 0 Å². The highest BCUT2D eigenvalue weighted by atomic mass is 14.7. The van der Waals surface area contributed by atoms with Crippen molar-refractivity contribution in [2.45, 2.75) is 103 Å². The third-order valence-electron chi connectivity index (χ3n) is 15.5. The molecule has 0 heterocycles. The lowest BCUT2D eigenvalue weighted by atomic mass is 8.99. The Morgan fingerprint density at radius 3 is 0.681 bits per heavy atom. The average Bonchev–Trinajstić information content (AvgIpc) is 3.07. The van der Waals surface area contributed by atoms with E-state index < -0.39 is 100 Å². The molecule has 0 fully saturated rings. The third-order valence-corrected chi connectivity index (χ3v) is 15.5. The first kappa shape index (κ1) is 62.8. The van der Waals surface area contributed by atoms with E-state index in [4.69, 9.17) is 275 Å². The van der Waals surface area contributed by atoms with Crippen LogP contribution in [0, 0.1) is 0 Å². The van der Waals surface area contributed by atoms with E-state index in [-0.39, 0.29) is 55.3 Å². The second-order valence-corrected chi connectivity index (χ2v) is 21.0. The van der Waals surface area contributed by atoms with Crippen molar-refractivity contribution in [2.75, 3.05) is 0 Å². The van der Waals surface area contributed by atoms with Crippen LogP contribution in [0.3, 0.4) is 0 Å². The Morgan fingerprint density at radius 1 is 0.306 bits per heavy atom. The SMILES string of the molecule is [B]c1c(-c2ccc3c(c2)C(C([B])([B])[B])(C([B])([B])[B])C([B])([B])C([B])([B])C3(C([B])([B])[B])C([B])([B])[B])c([B])c(C(C)C)c([B])c1-c1ccc2c(c1)C(C([B])([B])[B])(C([B])([B])[B])C([B])([B])C([B])([B])C2(C([B])([B])[B])C([B])([B])[B]. The maximum Gasteiger partial charge on any atom is 0.115 e. The molecule has 0 atom stereocenters. The van der Waals surface area contributed by atoms with Crippen molar-refractivity contribution >= 4 is 291 Å². The summed E-state index contributed by atoms with van der Waals surface area (Å²) in [6.07, 6.45) is 0. The molecule has 2 aliphatic rings. The Morgan fingerprint density at radius 2 is 0.500 bits per heavy atom. The second-order valence-electron chi connectivity index (χ2n) is 21.0. The summed E-state index contributed by atoms with van der Waals surface area (Å²) in [7, 11) is 234. The van der Waals surface area contributed by atoms with Gasteiger partial charge in [0.15, 0.2) is 0 Å². The number of benzene rings is 3. The van der Waals surface area contributed by atoms with Crippen molar-refractivity contribution < 1.29 is 0 Å². The fraction of sp³-hybridized carbons (Fsp3) is 0.514. The van der Waals surface area contributed by atoms with Crippen LogP contribution in [0.5, 0.6) is 0 Å². The van der Waals surface area contributed by atoms with Crippen LogP contribution in [0.1, 0.15) is 47.6 Å². The van der Waals surface area contributed by atoms with Gasteiger partial charge in [-0.15, -0.1) is 61.8 Å². The number of hydrogen-bond acceptors (Lipinski definition) is 0. The van der Waals surface area contributed by atoms with E-state index in [9.17, 15) is 0 Å². The Balaban J connectivity index is 2.16. The lowest BCUT2D eigenvalue weighted by molar-refractivity contribution is 0.212. The van der Waals surface area contributed by atoms with Gasteiger partial charge in [0.25, 0.3) is 0 Å². The van der Waals surface area contributed by atoms with Crippen LogP contribution in [0.4, 0.5) is 0 Å². The average molecular weight is 836 g/mol. The predicted octanol–water partition coefficient (Wildman–Crippen LogP) is -8.05. The molecule has 70 radical (unpaired) electrons. The quantitative estimate of drug-likeness (QED) is 0.169. The van der Waals surface area contributed by atoms with Crippen LogP contribution >= 0.6 is 0 Å². The molecule has 72 heavy (non-hydrogen) atoms. The Bertz CT molecular complexity index is 2420. The highest BCUT2D eigenvalue weighted by molar-refractivity contribution is 6.74. The van der Waals surface area contributed by atoms with E-state index >= 15 is 0 Å². The summed E-state index contributed by atoms with van der Waals surface area (Å²) in [5, 5.41) is -34.4. The van der Waals surface area contributed by atoms with Gasteiger partial charge in [0, 0.05) is 0 Å². The van der Waals surface area contributed by atoms with Crippen LogP contribution in [-0.2, 0) is 21.7 Å². The summed E-state index contributed by atoms with van der Waals surface area (Å²) < 4.78 is 0. The first-order chi connectivity index (χ1) is 31.5. The van der Waals surface area contributed by atoms with Gasteiger partial charge >= 0.3 is 0 Å². The van der Waals surface area contributed by atoms with E-state index in [2.05, 4.69) is 0 Å². The standard InChI is InChI=1S/C37H13B35/c1-9(2)16-19(38)17(10-3-5-12-14(7-10)24(34(61,62)63,35(64,65)66)28(45,46)26(41,42)22(12,30(49,50)51)31(52,53)54)21(40)18(20(16)39)11-4-6-13-15(8-11)25(36(67,68)69,37(70,71)72)29(47,48)27(43,44)23(13,32(55,56)57)33(58,59)60/h3-9H,1-2H3. The Labute approximate surface area is 477 Å². The van der Waals surface area contributed by atoms with Gasteiger partial charge in [0.05, 0.1) is 251 Å². The van der Waals surface area contributed by atoms with Crippen molar-refractivity contribution in [1.82, 2.24) is 0 Å². The zero-order valence-corrected chi connectivity index (χ0v) is 40.2. The van der Waals surface area contributed by atoms with Crippen molar-refractivity contribution in [3.8, 4) is 22.3 Å². The molecule has 2 aliphatic carbocycles. The summed E-state index contributed by atoms with van der Waals surface area (Å²) in [5.74, 6) is -0.535. The summed E-state index contributed by atoms with van der Waals surface area (Å²) in [6, 6.07) is 7.69. The molecule has 0 amide bonds. The van der Waals surface area contributed by atoms with Crippen molar-refractivity contribution in [3.63, 3.8) is 0 Å². The van der Waals surface area contributed by atoms with Crippen LogP contribution in [0.2, 0.25) is 61.8 Å². The smallest absolute Gasteiger partial charge is 0.115 e. The van der Waals surface area contributed by atoms with E-state index in [0.29, 0.717) is 0 Å². The largest absolute Gasteiger partial charge is 0.123 e. The zero-order chi connectivity index (χ0) is 56.7. The Hall–Kier alpha value is -0.0673. The topological polar surface area (TPSA) is 0 Å². The van der Waals surface area contributed by atoms with Gasteiger partial charge in [-0.3, -0.25) is 0 Å². The molecule has 0 nitrogen and oxygen atoms in total. The normalized spacial score (nSPS) is 21.1. The van der Waals surface area contributed by atoms with Gasteiger partial charge in [-0.05, 0) is 72.1 Å². The predicted molar refractivity (Wildman–Crippen MR) is 331 cm³/mol. The van der Waals surface area contributed by atoms with Crippen LogP contribution in [-0.4, -0.2) is 275 Å². The molecule has 0 saturated heterocycles. The molecule has 0 aliphatic heterocycles. The fourth-order valence-corrected chi connectivity index (χ4v) is 13.1. The number of fused-ring (bicyclic) bond motifs is 2. The van der Waals surface area contributed by atoms with Crippen LogP contribution in [0.25, 0.3) is 22.3 Å². The first-order valence-electron chi connectivity index (χ1n) is 21.5. The summed E-state index contributed by atoms with van der Waals surface area (Å²) in [5.41, 5.74) is -12.9. The Kier molecular flexibility index (Phi) is 15.2. The number of hydrogen-bond donors (Lipinski definition) is 0. The minimum atomic E-state index is -3.03. The summed E-state index contributed by atoms with van der Waals surface area (Å²) in [6.45, 7) is 3.49. The van der Waals surface area contributed by atoms with Gasteiger partial charge in [-0.25, -0.2) is 0 Å².